The smallest absolute Gasteiger partial charge is 0.408 e. The Balaban J connectivity index is 1.80. The molecule has 0 spiro atoms. The normalized spacial score (nSPS) is 12.2. The third-order valence-corrected chi connectivity index (χ3v) is 4.63. The number of carbonyl (C=O) groups excluding carboxylic acids is 1. The van der Waals surface area contributed by atoms with Crippen LogP contribution >= 0.6 is 15.9 Å². The average molecular weight is 431 g/mol. The van der Waals surface area contributed by atoms with Gasteiger partial charge in [0.15, 0.2) is 5.65 Å². The Morgan fingerprint density at radius 1 is 1.07 bits per heavy atom. The second kappa shape index (κ2) is 6.96. The molecule has 0 aliphatic carbocycles. The van der Waals surface area contributed by atoms with E-state index in [4.69, 9.17) is 4.74 Å². The van der Waals surface area contributed by atoms with Crippen LogP contribution in [0.15, 0.2) is 47.3 Å². The van der Waals surface area contributed by atoms with E-state index >= 15 is 0 Å². The average Bonchev–Trinajstić information content (AvgIpc) is 2.93. The van der Waals surface area contributed by atoms with Crippen LogP contribution < -0.4 is 5.32 Å². The van der Waals surface area contributed by atoms with Crippen molar-refractivity contribution in [2.45, 2.75) is 45.8 Å². The number of nitrogens with one attached hydrogen (secondary N) is 1. The van der Waals surface area contributed by atoms with Crippen LogP contribution in [0.25, 0.3) is 16.8 Å². The molecule has 1 aromatic carbocycles. The Bertz CT molecular complexity index is 972. The first-order valence-electron chi connectivity index (χ1n) is 8.66. The van der Waals surface area contributed by atoms with E-state index in [1.807, 2.05) is 71.3 Å². The number of amides is 1. The van der Waals surface area contributed by atoms with Gasteiger partial charge >= 0.3 is 6.09 Å². The molecular weight excluding hydrogens is 408 g/mol. The highest BCUT2D eigenvalue weighted by Gasteiger charge is 2.26. The summed E-state index contributed by atoms with van der Waals surface area (Å²) in [7, 11) is 0. The van der Waals surface area contributed by atoms with E-state index in [-0.39, 0.29) is 0 Å². The highest BCUT2D eigenvalue weighted by molar-refractivity contribution is 9.10. The van der Waals surface area contributed by atoms with Crippen LogP contribution in [-0.2, 0) is 10.3 Å². The number of hydrogen-bond donors (Lipinski definition) is 1. The Labute approximate surface area is 167 Å². The lowest BCUT2D eigenvalue weighted by Gasteiger charge is -2.29. The largest absolute Gasteiger partial charge is 0.444 e. The quantitative estimate of drug-likeness (QED) is 0.639. The van der Waals surface area contributed by atoms with Gasteiger partial charge in [-0.15, -0.1) is 0 Å². The first kappa shape index (κ1) is 19.4. The predicted octanol–water partition coefficient (Wildman–Crippen LogP) is 4.92. The molecule has 6 nitrogen and oxygen atoms in total. The number of hydrogen-bond acceptors (Lipinski definition) is 4. The summed E-state index contributed by atoms with van der Waals surface area (Å²) in [6.07, 6.45) is 5.04. The molecule has 0 unspecified atom stereocenters. The van der Waals surface area contributed by atoms with Crippen LogP contribution in [-0.4, -0.2) is 26.3 Å². The highest BCUT2D eigenvalue weighted by atomic mass is 79.9. The van der Waals surface area contributed by atoms with E-state index in [9.17, 15) is 4.79 Å². The third kappa shape index (κ3) is 4.47. The van der Waals surface area contributed by atoms with E-state index in [2.05, 4.69) is 31.3 Å². The van der Waals surface area contributed by atoms with E-state index in [1.165, 1.54) is 0 Å². The minimum atomic E-state index is -0.560. The zero-order chi connectivity index (χ0) is 19.8. The minimum Gasteiger partial charge on any atom is -0.444 e. The molecule has 0 fully saturated rings. The maximum Gasteiger partial charge on any atom is 0.408 e. The first-order valence-corrected chi connectivity index (χ1v) is 9.45. The lowest BCUT2D eigenvalue weighted by molar-refractivity contribution is 0.0470. The third-order valence-electron chi connectivity index (χ3n) is 4.07. The van der Waals surface area contributed by atoms with Gasteiger partial charge in [-0.1, -0.05) is 24.3 Å². The van der Waals surface area contributed by atoms with Gasteiger partial charge in [-0.25, -0.2) is 14.3 Å². The van der Waals surface area contributed by atoms with Gasteiger partial charge in [-0.05, 0) is 61.7 Å². The van der Waals surface area contributed by atoms with E-state index in [1.54, 1.807) is 10.7 Å². The summed E-state index contributed by atoms with van der Waals surface area (Å²) in [6.45, 7) is 9.42. The lowest BCUT2D eigenvalue weighted by atomic mass is 9.93. The summed E-state index contributed by atoms with van der Waals surface area (Å²) in [5.74, 6) is 0. The number of rotatable bonds is 3. The number of benzene rings is 1. The summed E-state index contributed by atoms with van der Waals surface area (Å²) in [6, 6.07) is 8.01. The second-order valence-corrected chi connectivity index (χ2v) is 8.79. The van der Waals surface area contributed by atoms with Crippen LogP contribution in [0.4, 0.5) is 4.79 Å². The summed E-state index contributed by atoms with van der Waals surface area (Å²) in [4.78, 5) is 16.5. The van der Waals surface area contributed by atoms with Gasteiger partial charge in [0.25, 0.3) is 0 Å². The second-order valence-electron chi connectivity index (χ2n) is 7.93. The molecule has 142 valence electrons. The fraction of sp³-hybridized carbons (Fsp3) is 0.350. The van der Waals surface area contributed by atoms with Gasteiger partial charge in [-0.3, -0.25) is 0 Å². The first-order chi connectivity index (χ1) is 12.5. The monoisotopic (exact) mass is 430 g/mol. The number of halogens is 1. The van der Waals surface area contributed by atoms with Crippen LogP contribution in [0.3, 0.4) is 0 Å². The number of aromatic nitrogens is 3. The van der Waals surface area contributed by atoms with Gasteiger partial charge in [0.2, 0.25) is 0 Å². The van der Waals surface area contributed by atoms with Gasteiger partial charge < -0.3 is 10.1 Å². The molecule has 3 aromatic rings. The fourth-order valence-corrected chi connectivity index (χ4v) is 3.08. The van der Waals surface area contributed by atoms with Crippen molar-refractivity contribution in [1.82, 2.24) is 19.9 Å². The van der Waals surface area contributed by atoms with Crippen molar-refractivity contribution in [3.05, 3.63) is 52.9 Å². The van der Waals surface area contributed by atoms with E-state index in [0.717, 1.165) is 26.8 Å². The number of fused-ring (bicyclic) bond motifs is 1. The topological polar surface area (TPSA) is 68.5 Å². The molecule has 1 N–H and O–H groups in total. The summed E-state index contributed by atoms with van der Waals surface area (Å²) in [5.41, 5.74) is 2.65. The Hall–Kier alpha value is -2.41. The fourth-order valence-electron chi connectivity index (χ4n) is 2.71. The summed E-state index contributed by atoms with van der Waals surface area (Å²) < 4.78 is 7.96. The molecule has 27 heavy (non-hydrogen) atoms. The van der Waals surface area contributed by atoms with Gasteiger partial charge in [0.05, 0.1) is 16.2 Å². The predicted molar refractivity (Wildman–Crippen MR) is 109 cm³/mol. The standard InChI is InChI=1S/C20H23BrN4O2/c1-19(2,3)27-18(26)24-20(4,5)15-8-6-13(7-9-15)14-10-22-17-16(21)11-23-25(17)12-14/h6-12H,1-5H3,(H,24,26). The Morgan fingerprint density at radius 2 is 1.74 bits per heavy atom. The summed E-state index contributed by atoms with van der Waals surface area (Å²) >= 11 is 3.43. The Kier molecular flexibility index (Phi) is 4.99. The van der Waals surface area contributed by atoms with Crippen molar-refractivity contribution < 1.29 is 9.53 Å². The molecule has 0 bridgehead atoms. The molecule has 3 rings (SSSR count). The van der Waals surface area contributed by atoms with Crippen LogP contribution in [0, 0.1) is 0 Å². The van der Waals surface area contributed by atoms with E-state index in [0.29, 0.717) is 0 Å². The molecule has 2 aromatic heterocycles. The molecule has 2 heterocycles. The number of ether oxygens (including phenoxy) is 1. The van der Waals surface area contributed by atoms with Gasteiger partial charge in [0.1, 0.15) is 5.60 Å². The number of nitrogens with zero attached hydrogens (tertiary/aromatic N) is 3. The SMILES string of the molecule is CC(C)(C)OC(=O)NC(C)(C)c1ccc(-c2cnc3c(Br)cnn3c2)cc1. The molecule has 1 amide bonds. The molecule has 0 saturated heterocycles. The van der Waals surface area contributed by atoms with Gasteiger partial charge in [-0.2, -0.15) is 5.10 Å². The van der Waals surface area contributed by atoms with Crippen molar-refractivity contribution in [2.75, 3.05) is 0 Å². The highest BCUT2D eigenvalue weighted by Crippen LogP contribution is 2.26. The number of alkyl carbamates (subject to hydrolysis) is 1. The van der Waals surface area contributed by atoms with Crippen molar-refractivity contribution in [3.63, 3.8) is 0 Å². The zero-order valence-electron chi connectivity index (χ0n) is 16.1. The van der Waals surface area contributed by atoms with Crippen LogP contribution in [0.2, 0.25) is 0 Å². The van der Waals surface area contributed by atoms with Crippen molar-refractivity contribution in [1.29, 1.82) is 0 Å². The zero-order valence-corrected chi connectivity index (χ0v) is 17.7. The molecule has 7 heteroatoms. The summed E-state index contributed by atoms with van der Waals surface area (Å²) in [5, 5.41) is 7.19. The molecular formula is C20H23BrN4O2. The Morgan fingerprint density at radius 3 is 2.37 bits per heavy atom. The maximum absolute atomic E-state index is 12.1. The van der Waals surface area contributed by atoms with Crippen LogP contribution in [0.5, 0.6) is 0 Å². The molecule has 0 aliphatic rings. The van der Waals surface area contributed by atoms with Crippen molar-refractivity contribution in [3.8, 4) is 11.1 Å². The van der Waals surface area contributed by atoms with Gasteiger partial charge in [0, 0.05) is 18.0 Å². The lowest BCUT2D eigenvalue weighted by Crippen LogP contribution is -2.43. The molecule has 0 radical (unpaired) electrons. The van der Waals surface area contributed by atoms with Crippen molar-refractivity contribution >= 4 is 27.7 Å². The van der Waals surface area contributed by atoms with E-state index < -0.39 is 17.2 Å². The van der Waals surface area contributed by atoms with Crippen molar-refractivity contribution in [2.24, 2.45) is 0 Å². The van der Waals surface area contributed by atoms with Crippen LogP contribution in [0.1, 0.15) is 40.2 Å². The molecule has 0 atom stereocenters. The minimum absolute atomic E-state index is 0.435. The maximum atomic E-state index is 12.1. The number of carbonyl (C=O) groups is 1. The molecule has 0 saturated carbocycles. The molecule has 0 aliphatic heterocycles.